The number of ether oxygens (including phenoxy) is 2. The Hall–Kier alpha value is -3.92. The third-order valence-electron chi connectivity index (χ3n) is 6.93. The fourth-order valence-electron chi connectivity index (χ4n) is 4.70. The number of rotatable bonds is 13. The number of hydrogen-bond acceptors (Lipinski definition) is 8. The number of fused-ring (bicyclic) bond motifs is 1. The maximum Gasteiger partial charge on any atom is 0.163 e. The Bertz CT molecular complexity index is 1500. The lowest BCUT2D eigenvalue weighted by Gasteiger charge is -2.16. The number of benzene rings is 3. The highest BCUT2D eigenvalue weighted by Gasteiger charge is 2.14. The lowest BCUT2D eigenvalue weighted by atomic mass is 10.1. The van der Waals surface area contributed by atoms with Gasteiger partial charge in [0, 0.05) is 28.7 Å². The molecule has 5 rings (SSSR count). The highest BCUT2D eigenvalue weighted by Crippen LogP contribution is 2.35. The van der Waals surface area contributed by atoms with Gasteiger partial charge in [0.2, 0.25) is 0 Å². The van der Waals surface area contributed by atoms with Gasteiger partial charge >= 0.3 is 0 Å². The number of aromatic nitrogens is 2. The van der Waals surface area contributed by atoms with Crippen LogP contribution in [0.1, 0.15) is 30.4 Å². The van der Waals surface area contributed by atoms with Crippen molar-refractivity contribution in [1.82, 2.24) is 20.3 Å². The molecule has 4 aromatic rings. The molecular formula is C31H33ClFN5O3. The van der Waals surface area contributed by atoms with Gasteiger partial charge in [0.15, 0.2) is 11.5 Å². The predicted octanol–water partition coefficient (Wildman–Crippen LogP) is 6.73. The summed E-state index contributed by atoms with van der Waals surface area (Å²) in [6.45, 7) is 8.22. The van der Waals surface area contributed by atoms with Crippen LogP contribution in [0.25, 0.3) is 16.6 Å². The monoisotopic (exact) mass is 577 g/mol. The zero-order valence-electron chi connectivity index (χ0n) is 23.0. The molecule has 1 saturated heterocycles. The normalized spacial score (nSPS) is 13.3. The summed E-state index contributed by atoms with van der Waals surface area (Å²) in [6.07, 6.45) is 5.07. The lowest BCUT2D eigenvalue weighted by Crippen LogP contribution is -2.21. The van der Waals surface area contributed by atoms with Gasteiger partial charge < -0.3 is 19.7 Å². The number of hydrogen-bond donors (Lipinski definition) is 2. The summed E-state index contributed by atoms with van der Waals surface area (Å²) in [5.74, 6) is 1.57. The fourth-order valence-corrected chi connectivity index (χ4v) is 4.92. The summed E-state index contributed by atoms with van der Waals surface area (Å²) in [5, 5.41) is 4.48. The molecule has 1 aliphatic rings. The highest BCUT2D eigenvalue weighted by molar-refractivity contribution is 6.31. The molecule has 1 aliphatic heterocycles. The van der Waals surface area contributed by atoms with Crippen LogP contribution in [-0.4, -0.2) is 48.2 Å². The Balaban J connectivity index is 1.19. The Morgan fingerprint density at radius 3 is 2.61 bits per heavy atom. The third kappa shape index (κ3) is 7.43. The molecule has 0 bridgehead atoms. The zero-order valence-corrected chi connectivity index (χ0v) is 23.7. The topological polar surface area (TPSA) is 80.8 Å². The van der Waals surface area contributed by atoms with Crippen LogP contribution in [0, 0.1) is 5.82 Å². The van der Waals surface area contributed by atoms with E-state index in [1.165, 1.54) is 44.4 Å². The van der Waals surface area contributed by atoms with Crippen molar-refractivity contribution in [2.75, 3.05) is 38.7 Å². The molecule has 0 atom stereocenters. The second-order valence-electron chi connectivity index (χ2n) is 9.80. The van der Waals surface area contributed by atoms with E-state index in [1.54, 1.807) is 13.2 Å². The predicted molar refractivity (Wildman–Crippen MR) is 160 cm³/mol. The molecule has 1 aromatic heterocycles. The van der Waals surface area contributed by atoms with Crippen LogP contribution in [-0.2, 0) is 11.4 Å². The standard InChI is InChI=1S/C31H33ClFN5O3/c1-21(37-41-19-23-6-9-24(33)16-27(23)32)22-7-10-25(11-8-22)36-31-26-17-29(39-2)30(18-28(26)34-20-35-31)40-15-5-14-38-12-3-4-13-38/h6-11,16-18,20,37H,1,3-5,12-15,19H2,2H3,(H,34,35,36). The molecule has 214 valence electrons. The number of likely N-dealkylation sites (tertiary alicyclic amines) is 1. The molecule has 41 heavy (non-hydrogen) atoms. The third-order valence-corrected chi connectivity index (χ3v) is 7.28. The van der Waals surface area contributed by atoms with Gasteiger partial charge in [0.1, 0.15) is 24.6 Å². The van der Waals surface area contributed by atoms with Gasteiger partial charge in [-0.3, -0.25) is 10.3 Å². The number of hydroxylamine groups is 1. The van der Waals surface area contributed by atoms with E-state index in [0.29, 0.717) is 40.2 Å². The van der Waals surface area contributed by atoms with E-state index in [9.17, 15) is 4.39 Å². The minimum Gasteiger partial charge on any atom is -0.493 e. The van der Waals surface area contributed by atoms with E-state index in [0.717, 1.165) is 35.1 Å². The maximum atomic E-state index is 13.2. The average Bonchev–Trinajstić information content (AvgIpc) is 3.50. The average molecular weight is 578 g/mol. The van der Waals surface area contributed by atoms with Crippen LogP contribution in [0.5, 0.6) is 11.5 Å². The molecule has 1 fully saturated rings. The second kappa shape index (κ2) is 13.6. The molecule has 2 N–H and O–H groups in total. The van der Waals surface area contributed by atoms with Crippen molar-refractivity contribution in [2.45, 2.75) is 25.9 Å². The maximum absolute atomic E-state index is 13.2. The fraction of sp³-hybridized carbons (Fsp3) is 0.290. The van der Waals surface area contributed by atoms with Crippen molar-refractivity contribution in [3.63, 3.8) is 0 Å². The van der Waals surface area contributed by atoms with Crippen molar-refractivity contribution in [3.8, 4) is 11.5 Å². The second-order valence-corrected chi connectivity index (χ2v) is 10.2. The SMILES string of the molecule is C=C(NOCc1ccc(F)cc1Cl)c1ccc(Nc2ncnc3cc(OCCCN4CCCC4)c(OC)cc23)cc1. The minimum absolute atomic E-state index is 0.160. The first-order valence-corrected chi connectivity index (χ1v) is 13.9. The number of methoxy groups -OCH3 is 1. The van der Waals surface area contributed by atoms with Crippen LogP contribution >= 0.6 is 11.6 Å². The largest absolute Gasteiger partial charge is 0.493 e. The van der Waals surface area contributed by atoms with Crippen molar-refractivity contribution in [2.24, 2.45) is 0 Å². The van der Waals surface area contributed by atoms with Gasteiger partial charge in [-0.15, -0.1) is 0 Å². The summed E-state index contributed by atoms with van der Waals surface area (Å²) < 4.78 is 24.9. The van der Waals surface area contributed by atoms with Crippen LogP contribution in [0.4, 0.5) is 15.9 Å². The first-order valence-electron chi connectivity index (χ1n) is 13.6. The molecule has 3 aromatic carbocycles. The number of nitrogens with zero attached hydrogens (tertiary/aromatic N) is 3. The summed E-state index contributed by atoms with van der Waals surface area (Å²) in [7, 11) is 1.63. The van der Waals surface area contributed by atoms with E-state index in [4.69, 9.17) is 25.9 Å². The molecule has 0 aliphatic carbocycles. The summed E-state index contributed by atoms with van der Waals surface area (Å²) in [4.78, 5) is 16.9. The quantitative estimate of drug-likeness (QED) is 0.134. The number of anilines is 2. The van der Waals surface area contributed by atoms with Gasteiger partial charge in [-0.25, -0.2) is 14.4 Å². The molecule has 0 unspecified atom stereocenters. The molecular weight excluding hydrogens is 545 g/mol. The van der Waals surface area contributed by atoms with Crippen LogP contribution in [0.3, 0.4) is 0 Å². The Morgan fingerprint density at radius 2 is 1.85 bits per heavy atom. The van der Waals surface area contributed by atoms with E-state index in [2.05, 4.69) is 32.2 Å². The Labute approximate surface area is 244 Å². The van der Waals surface area contributed by atoms with Crippen LogP contribution in [0.15, 0.2) is 67.5 Å². The Morgan fingerprint density at radius 1 is 1.05 bits per heavy atom. The summed E-state index contributed by atoms with van der Waals surface area (Å²) >= 11 is 6.05. The molecule has 8 nitrogen and oxygen atoms in total. The van der Waals surface area contributed by atoms with Gasteiger partial charge in [-0.1, -0.05) is 36.4 Å². The van der Waals surface area contributed by atoms with Crippen molar-refractivity contribution >= 4 is 39.7 Å². The molecule has 0 saturated carbocycles. The van der Waals surface area contributed by atoms with Gasteiger partial charge in [-0.2, -0.15) is 0 Å². The number of nitrogens with one attached hydrogen (secondary N) is 2. The van der Waals surface area contributed by atoms with E-state index in [1.807, 2.05) is 36.4 Å². The van der Waals surface area contributed by atoms with Crippen molar-refractivity contribution < 1.29 is 18.7 Å². The molecule has 10 heteroatoms. The zero-order chi connectivity index (χ0) is 28.6. The summed E-state index contributed by atoms with van der Waals surface area (Å²) in [6, 6.07) is 15.6. The van der Waals surface area contributed by atoms with Gasteiger partial charge in [0.05, 0.1) is 24.9 Å². The lowest BCUT2D eigenvalue weighted by molar-refractivity contribution is 0.0648. The van der Waals surface area contributed by atoms with Crippen molar-refractivity contribution in [1.29, 1.82) is 0 Å². The van der Waals surface area contributed by atoms with Gasteiger partial charge in [0.25, 0.3) is 0 Å². The summed E-state index contributed by atoms with van der Waals surface area (Å²) in [5.41, 5.74) is 6.48. The highest BCUT2D eigenvalue weighted by atomic mass is 35.5. The molecule has 0 radical (unpaired) electrons. The smallest absolute Gasteiger partial charge is 0.163 e. The molecule has 0 amide bonds. The van der Waals surface area contributed by atoms with Crippen molar-refractivity contribution in [3.05, 3.63) is 89.5 Å². The van der Waals surface area contributed by atoms with E-state index < -0.39 is 5.82 Å². The number of halogens is 2. The van der Waals surface area contributed by atoms with Crippen LogP contribution < -0.4 is 20.3 Å². The van der Waals surface area contributed by atoms with Crippen LogP contribution in [0.2, 0.25) is 5.02 Å². The minimum atomic E-state index is -0.392. The Kier molecular flexibility index (Phi) is 9.51. The first kappa shape index (κ1) is 28.6. The van der Waals surface area contributed by atoms with Gasteiger partial charge in [-0.05, 0) is 73.8 Å². The molecule has 2 heterocycles. The molecule has 0 spiro atoms. The van der Waals surface area contributed by atoms with E-state index >= 15 is 0 Å². The first-order chi connectivity index (χ1) is 20.0. The van der Waals surface area contributed by atoms with E-state index in [-0.39, 0.29) is 6.61 Å².